The highest BCUT2D eigenvalue weighted by atomic mass is 16.5. The molecule has 0 saturated heterocycles. The van der Waals surface area contributed by atoms with E-state index in [9.17, 15) is 9.59 Å². The average molecular weight is 284 g/mol. The number of guanidine groups is 1. The van der Waals surface area contributed by atoms with E-state index in [4.69, 9.17) is 11.5 Å². The minimum atomic E-state index is -0.651. The van der Waals surface area contributed by atoms with E-state index in [2.05, 4.69) is 15.0 Å². The normalized spacial score (nSPS) is 11.2. The largest absolute Gasteiger partial charge is 0.467 e. The first-order valence-electron chi connectivity index (χ1n) is 6.45. The molecule has 0 aromatic carbocycles. The number of methoxy groups -OCH3 is 1. The molecule has 0 rings (SSSR count). The van der Waals surface area contributed by atoms with Crippen LogP contribution in [0.15, 0.2) is 16.6 Å². The maximum Gasteiger partial charge on any atom is 0.328 e. The van der Waals surface area contributed by atoms with Crippen LogP contribution in [0.2, 0.25) is 0 Å². The Bertz CT molecular complexity index is 383. The monoisotopic (exact) mass is 284 g/mol. The molecule has 0 aromatic heterocycles. The number of nitrogens with zero attached hydrogens (tertiary/aromatic N) is 1. The minimum absolute atomic E-state index is 0.0476. The van der Waals surface area contributed by atoms with Crippen molar-refractivity contribution in [1.82, 2.24) is 5.32 Å². The number of unbranched alkanes of at least 4 members (excludes halogenated alkanes) is 1. The zero-order chi connectivity index (χ0) is 15.5. The topological polar surface area (TPSA) is 120 Å². The third kappa shape index (κ3) is 8.96. The van der Waals surface area contributed by atoms with Crippen LogP contribution in [0.4, 0.5) is 0 Å². The van der Waals surface area contributed by atoms with E-state index in [1.807, 2.05) is 13.8 Å². The van der Waals surface area contributed by atoms with Crippen LogP contribution in [0, 0.1) is 0 Å². The van der Waals surface area contributed by atoms with Gasteiger partial charge in [-0.2, -0.15) is 0 Å². The number of aliphatic imine (C=N–C) groups is 1. The zero-order valence-electron chi connectivity index (χ0n) is 12.3. The summed E-state index contributed by atoms with van der Waals surface area (Å²) < 4.78 is 4.67. The quantitative estimate of drug-likeness (QED) is 0.191. The van der Waals surface area contributed by atoms with Crippen molar-refractivity contribution >= 4 is 17.8 Å². The molecule has 7 heteroatoms. The van der Waals surface area contributed by atoms with E-state index in [1.165, 1.54) is 13.2 Å². The second kappa shape index (κ2) is 9.82. The summed E-state index contributed by atoms with van der Waals surface area (Å²) in [5.41, 5.74) is 11.3. The van der Waals surface area contributed by atoms with Crippen molar-refractivity contribution in [3.63, 3.8) is 0 Å². The highest BCUT2D eigenvalue weighted by molar-refractivity contribution is 5.91. The Morgan fingerprint density at radius 1 is 1.30 bits per heavy atom. The zero-order valence-corrected chi connectivity index (χ0v) is 12.3. The van der Waals surface area contributed by atoms with Gasteiger partial charge in [-0.25, -0.2) is 4.79 Å². The van der Waals surface area contributed by atoms with Crippen molar-refractivity contribution in [2.45, 2.75) is 39.2 Å². The van der Waals surface area contributed by atoms with Crippen LogP contribution in [0.25, 0.3) is 0 Å². The second-order valence-corrected chi connectivity index (χ2v) is 4.61. The van der Waals surface area contributed by atoms with Gasteiger partial charge in [0.2, 0.25) is 5.91 Å². The van der Waals surface area contributed by atoms with Crippen molar-refractivity contribution in [3.05, 3.63) is 11.6 Å². The second-order valence-electron chi connectivity index (χ2n) is 4.61. The van der Waals surface area contributed by atoms with Gasteiger partial charge in [0.15, 0.2) is 5.96 Å². The van der Waals surface area contributed by atoms with Gasteiger partial charge in [0.25, 0.3) is 0 Å². The van der Waals surface area contributed by atoms with Crippen LogP contribution in [0.1, 0.15) is 33.1 Å². The Balaban J connectivity index is 4.30. The van der Waals surface area contributed by atoms with Gasteiger partial charge in [-0.05, 0) is 33.1 Å². The first kappa shape index (κ1) is 17.9. The Labute approximate surface area is 119 Å². The standard InChI is InChI=1S/C13H24N4O3/c1-9(2)8-11(18)17-10(12(19)20-3)6-4-5-7-16-13(14)15/h8,10H,4-7H2,1-3H3,(H,17,18)(H4,14,15,16). The molecule has 0 saturated carbocycles. The number of nitrogens with one attached hydrogen (secondary N) is 1. The molecule has 1 atom stereocenters. The molecule has 0 bridgehead atoms. The highest BCUT2D eigenvalue weighted by Crippen LogP contribution is 2.04. The van der Waals surface area contributed by atoms with Crippen LogP contribution in [-0.4, -0.2) is 37.5 Å². The number of esters is 1. The molecule has 0 fully saturated rings. The van der Waals surface area contributed by atoms with E-state index in [1.54, 1.807) is 0 Å². The average Bonchev–Trinajstić information content (AvgIpc) is 2.34. The van der Waals surface area contributed by atoms with Gasteiger partial charge >= 0.3 is 5.97 Å². The number of hydrogen-bond donors (Lipinski definition) is 3. The smallest absolute Gasteiger partial charge is 0.328 e. The van der Waals surface area contributed by atoms with E-state index >= 15 is 0 Å². The van der Waals surface area contributed by atoms with E-state index in [-0.39, 0.29) is 11.9 Å². The first-order chi connectivity index (χ1) is 9.36. The molecule has 0 radical (unpaired) electrons. The minimum Gasteiger partial charge on any atom is -0.467 e. The summed E-state index contributed by atoms with van der Waals surface area (Å²) >= 11 is 0. The molecule has 20 heavy (non-hydrogen) atoms. The summed E-state index contributed by atoms with van der Waals surface area (Å²) in [6.45, 7) is 4.11. The predicted molar refractivity (Wildman–Crippen MR) is 77.9 cm³/mol. The van der Waals surface area contributed by atoms with Crippen molar-refractivity contribution < 1.29 is 14.3 Å². The number of carbonyl (C=O) groups is 2. The summed E-state index contributed by atoms with van der Waals surface area (Å²) in [6, 6.07) is -0.651. The van der Waals surface area contributed by atoms with Crippen LogP contribution in [0.3, 0.4) is 0 Å². The lowest BCUT2D eigenvalue weighted by Gasteiger charge is -2.15. The van der Waals surface area contributed by atoms with Gasteiger partial charge in [-0.15, -0.1) is 0 Å². The maximum atomic E-state index is 11.6. The maximum absolute atomic E-state index is 11.6. The summed E-state index contributed by atoms with van der Waals surface area (Å²) in [5, 5.41) is 2.62. The molecule has 114 valence electrons. The van der Waals surface area contributed by atoms with Crippen molar-refractivity contribution in [3.8, 4) is 0 Å². The molecular formula is C13H24N4O3. The molecule has 0 aliphatic rings. The van der Waals surface area contributed by atoms with E-state index in [0.717, 1.165) is 12.0 Å². The Morgan fingerprint density at radius 3 is 2.45 bits per heavy atom. The van der Waals surface area contributed by atoms with Gasteiger partial charge in [-0.1, -0.05) is 5.57 Å². The molecule has 0 aliphatic heterocycles. The Kier molecular flexibility index (Phi) is 8.82. The number of carbonyl (C=O) groups excluding carboxylic acids is 2. The Morgan fingerprint density at radius 2 is 1.95 bits per heavy atom. The summed E-state index contributed by atoms with van der Waals surface area (Å²) in [7, 11) is 1.29. The van der Waals surface area contributed by atoms with Gasteiger partial charge in [0.1, 0.15) is 6.04 Å². The molecule has 0 heterocycles. The van der Waals surface area contributed by atoms with Gasteiger partial charge in [0.05, 0.1) is 7.11 Å². The SMILES string of the molecule is COC(=O)C(CCCCN=C(N)N)NC(=O)C=C(C)C. The van der Waals surface area contributed by atoms with Crippen molar-refractivity contribution in [1.29, 1.82) is 0 Å². The summed E-state index contributed by atoms with van der Waals surface area (Å²) in [4.78, 5) is 27.0. The molecule has 1 unspecified atom stereocenters. The number of nitrogens with two attached hydrogens (primary N) is 2. The molecule has 7 nitrogen and oxygen atoms in total. The molecule has 0 spiro atoms. The predicted octanol–water partition coefficient (Wildman–Crippen LogP) is 0.0541. The molecule has 0 aliphatic carbocycles. The number of ether oxygens (including phenoxy) is 1. The first-order valence-corrected chi connectivity index (χ1v) is 6.45. The molecule has 1 amide bonds. The van der Waals surface area contributed by atoms with Crippen LogP contribution >= 0.6 is 0 Å². The number of allylic oxidation sites excluding steroid dienone is 1. The fraction of sp³-hybridized carbons (Fsp3) is 0.615. The summed E-state index contributed by atoms with van der Waals surface area (Å²) in [5.74, 6) is -0.710. The number of amides is 1. The van der Waals surface area contributed by atoms with Gasteiger partial charge in [0, 0.05) is 12.6 Å². The van der Waals surface area contributed by atoms with E-state index in [0.29, 0.717) is 19.4 Å². The molecule has 0 aromatic rings. The van der Waals surface area contributed by atoms with Crippen molar-refractivity contribution in [2.24, 2.45) is 16.5 Å². The van der Waals surface area contributed by atoms with Crippen LogP contribution in [-0.2, 0) is 14.3 Å². The van der Waals surface area contributed by atoms with Gasteiger partial charge < -0.3 is 21.5 Å². The molecular weight excluding hydrogens is 260 g/mol. The lowest BCUT2D eigenvalue weighted by Crippen LogP contribution is -2.40. The third-order valence-electron chi connectivity index (χ3n) is 2.42. The van der Waals surface area contributed by atoms with Crippen LogP contribution < -0.4 is 16.8 Å². The fourth-order valence-corrected chi connectivity index (χ4v) is 1.54. The lowest BCUT2D eigenvalue weighted by atomic mass is 10.1. The number of rotatable bonds is 8. The lowest BCUT2D eigenvalue weighted by molar-refractivity contribution is -0.144. The third-order valence-corrected chi connectivity index (χ3v) is 2.42. The molecule has 5 N–H and O–H groups in total. The highest BCUT2D eigenvalue weighted by Gasteiger charge is 2.19. The van der Waals surface area contributed by atoms with Crippen molar-refractivity contribution in [2.75, 3.05) is 13.7 Å². The van der Waals surface area contributed by atoms with Crippen LogP contribution in [0.5, 0.6) is 0 Å². The van der Waals surface area contributed by atoms with E-state index < -0.39 is 12.0 Å². The summed E-state index contributed by atoms with van der Waals surface area (Å²) in [6.07, 6.45) is 3.35. The van der Waals surface area contributed by atoms with Gasteiger partial charge in [-0.3, -0.25) is 9.79 Å². The number of hydrogen-bond acceptors (Lipinski definition) is 4. The Hall–Kier alpha value is -2.05. The fourth-order valence-electron chi connectivity index (χ4n) is 1.54.